The van der Waals surface area contributed by atoms with Crippen LogP contribution in [0, 0.1) is 27.2 Å². The van der Waals surface area contributed by atoms with E-state index in [-0.39, 0.29) is 41.3 Å². The van der Waals surface area contributed by atoms with Gasteiger partial charge in [-0.3, -0.25) is 24.1 Å². The molecule has 7 rings (SSSR count). The number of rotatable bonds is 4. The van der Waals surface area contributed by atoms with Crippen LogP contribution in [0.4, 0.5) is 0 Å². The summed E-state index contributed by atoms with van der Waals surface area (Å²) in [5.74, 6) is -3.64. The minimum absolute atomic E-state index is 0.0121. The summed E-state index contributed by atoms with van der Waals surface area (Å²) in [6.45, 7) is 5.59. The highest BCUT2D eigenvalue weighted by Gasteiger charge is 2.66. The summed E-state index contributed by atoms with van der Waals surface area (Å²) in [7, 11) is 1.48. The van der Waals surface area contributed by atoms with E-state index in [9.17, 15) is 19.5 Å². The summed E-state index contributed by atoms with van der Waals surface area (Å²) in [5, 5.41) is 10.8. The fraction of sp³-hybridized carbons (Fsp3) is 0.333. The zero-order valence-electron chi connectivity index (χ0n) is 26.7. The second-order valence-corrected chi connectivity index (χ2v) is 15.2. The molecule has 0 radical (unpaired) electrons. The average molecular weight is 742 g/mol. The number of likely N-dealkylation sites (tertiary alicyclic amines) is 1. The summed E-state index contributed by atoms with van der Waals surface area (Å²) in [6.07, 6.45) is 4.17. The Hall–Kier alpha value is -4.05. The summed E-state index contributed by atoms with van der Waals surface area (Å²) in [6, 6.07) is 22.3. The van der Waals surface area contributed by atoms with E-state index in [2.05, 4.69) is 28.7 Å². The first-order valence-electron chi connectivity index (χ1n) is 16.0. The van der Waals surface area contributed by atoms with E-state index in [1.54, 1.807) is 6.07 Å². The fourth-order valence-corrected chi connectivity index (χ4v) is 9.45. The van der Waals surface area contributed by atoms with Gasteiger partial charge in [-0.25, -0.2) is 0 Å². The zero-order valence-corrected chi connectivity index (χ0v) is 28.9. The van der Waals surface area contributed by atoms with Gasteiger partial charge >= 0.3 is 0 Å². The highest BCUT2D eigenvalue weighted by atomic mass is 127. The Balaban J connectivity index is 1.53. The van der Waals surface area contributed by atoms with Crippen LogP contribution in [0.1, 0.15) is 56.2 Å². The number of carbonyl (C=O) groups is 4. The molecule has 1 saturated heterocycles. The van der Waals surface area contributed by atoms with Crippen molar-refractivity contribution < 1.29 is 29.0 Å². The molecule has 4 aliphatic rings. The van der Waals surface area contributed by atoms with Gasteiger partial charge < -0.3 is 9.84 Å². The maximum Gasteiger partial charge on any atom is 0.234 e. The van der Waals surface area contributed by atoms with Crippen molar-refractivity contribution in [3.63, 3.8) is 0 Å². The molecule has 0 spiro atoms. The Labute approximate surface area is 287 Å². The molecule has 8 heteroatoms. The Morgan fingerprint density at radius 3 is 2.21 bits per heavy atom. The molecule has 240 valence electrons. The van der Waals surface area contributed by atoms with Crippen LogP contribution in [0.3, 0.4) is 0 Å². The summed E-state index contributed by atoms with van der Waals surface area (Å²) < 4.78 is 6.14. The van der Waals surface area contributed by atoms with Gasteiger partial charge in [0, 0.05) is 22.9 Å². The number of phenols is 1. The van der Waals surface area contributed by atoms with E-state index in [1.165, 1.54) is 18.1 Å². The van der Waals surface area contributed by atoms with Crippen LogP contribution in [-0.2, 0) is 24.6 Å². The van der Waals surface area contributed by atoms with Crippen LogP contribution in [0.15, 0.2) is 90.5 Å². The van der Waals surface area contributed by atoms with Crippen molar-refractivity contribution in [2.24, 2.45) is 23.7 Å². The third-order valence-corrected chi connectivity index (χ3v) is 11.5. The second-order valence-electron chi connectivity index (χ2n) is 14.0. The third kappa shape index (κ3) is 4.58. The molecule has 0 unspecified atom stereocenters. The number of hydrogen-bond donors (Lipinski definition) is 1. The number of benzene rings is 3. The molecule has 7 nitrogen and oxygen atoms in total. The van der Waals surface area contributed by atoms with E-state index in [4.69, 9.17) is 4.74 Å². The smallest absolute Gasteiger partial charge is 0.234 e. The number of fused-ring (bicyclic) bond motifs is 4. The number of halogens is 1. The Kier molecular flexibility index (Phi) is 7.57. The van der Waals surface area contributed by atoms with E-state index in [0.29, 0.717) is 32.3 Å². The third-order valence-electron chi connectivity index (χ3n) is 10.6. The first-order valence-corrected chi connectivity index (χ1v) is 17.0. The van der Waals surface area contributed by atoms with Gasteiger partial charge in [0.1, 0.15) is 0 Å². The molecule has 1 aliphatic heterocycles. The van der Waals surface area contributed by atoms with Crippen molar-refractivity contribution in [3.8, 4) is 11.5 Å². The van der Waals surface area contributed by atoms with Crippen molar-refractivity contribution in [1.29, 1.82) is 0 Å². The first-order chi connectivity index (χ1) is 22.4. The predicted molar refractivity (Wildman–Crippen MR) is 186 cm³/mol. The van der Waals surface area contributed by atoms with Gasteiger partial charge in [-0.05, 0) is 97.0 Å². The molecule has 0 aromatic heterocycles. The van der Waals surface area contributed by atoms with E-state index in [0.717, 1.165) is 5.57 Å². The number of nitrogens with zero attached hydrogens (tertiary/aromatic N) is 1. The van der Waals surface area contributed by atoms with Crippen molar-refractivity contribution in [1.82, 2.24) is 4.90 Å². The molecule has 47 heavy (non-hydrogen) atoms. The lowest BCUT2D eigenvalue weighted by Crippen LogP contribution is -2.59. The minimum atomic E-state index is -1.34. The number of methoxy groups -OCH3 is 1. The lowest BCUT2D eigenvalue weighted by molar-refractivity contribution is -0.145. The minimum Gasteiger partial charge on any atom is -0.504 e. The first kappa shape index (κ1) is 31.5. The summed E-state index contributed by atoms with van der Waals surface area (Å²) >= 11 is 2.05. The number of carbonyl (C=O) groups excluding carboxylic acids is 4. The van der Waals surface area contributed by atoms with Gasteiger partial charge in [-0.1, -0.05) is 72.3 Å². The maximum absolute atomic E-state index is 15.1. The normalized spacial score (nSPS) is 28.7. The molecule has 1 heterocycles. The van der Waals surface area contributed by atoms with E-state index in [1.807, 2.05) is 87.5 Å². The number of ketones is 2. The fourth-order valence-electron chi connectivity index (χ4n) is 8.83. The number of hydrogen-bond acceptors (Lipinski definition) is 6. The van der Waals surface area contributed by atoms with E-state index < -0.39 is 40.5 Å². The summed E-state index contributed by atoms with van der Waals surface area (Å²) in [4.78, 5) is 59.6. The average Bonchev–Trinajstić information content (AvgIpc) is 3.33. The van der Waals surface area contributed by atoms with Crippen LogP contribution < -0.4 is 4.74 Å². The van der Waals surface area contributed by atoms with Crippen molar-refractivity contribution >= 4 is 51.5 Å². The molecule has 1 N–H and O–H groups in total. The summed E-state index contributed by atoms with van der Waals surface area (Å²) in [5.41, 5.74) is 1.27. The van der Waals surface area contributed by atoms with Gasteiger partial charge in [-0.2, -0.15) is 0 Å². The van der Waals surface area contributed by atoms with E-state index >= 15 is 4.79 Å². The molecule has 3 aliphatic carbocycles. The zero-order chi connectivity index (χ0) is 33.4. The highest BCUT2D eigenvalue weighted by molar-refractivity contribution is 14.1. The van der Waals surface area contributed by atoms with Gasteiger partial charge in [0.25, 0.3) is 0 Å². The molecule has 3 aromatic rings. The van der Waals surface area contributed by atoms with Crippen LogP contribution >= 0.6 is 22.6 Å². The van der Waals surface area contributed by atoms with Crippen LogP contribution in [-0.4, -0.2) is 46.0 Å². The van der Waals surface area contributed by atoms with Gasteiger partial charge in [-0.15, -0.1) is 0 Å². The van der Waals surface area contributed by atoms with Gasteiger partial charge in [0.2, 0.25) is 11.8 Å². The Morgan fingerprint density at radius 1 is 0.915 bits per heavy atom. The molecule has 2 amide bonds. The standard InChI is InChI=1S/C39H36INO6/c1-38(2,3)41-36(45)25-16-15-24-27(32(25)37(41)46)19-28-34(43)26(21-11-7-5-8-12-21)20-31(42)39(28,23-13-9-6-10-14-23)33(24)22-17-29(40)35(44)30(18-22)47-4/h5-15,17-18,20,25,27-28,32-33,44H,16,19H2,1-4H3/t25-,27+,28-,32-,33-,39-/m0/s1. The number of ether oxygens (including phenoxy) is 1. The molecule has 3 aromatic carbocycles. The number of imide groups is 1. The van der Waals surface area contributed by atoms with Crippen molar-refractivity contribution in [2.75, 3.05) is 7.11 Å². The topological polar surface area (TPSA) is 101 Å². The quantitative estimate of drug-likeness (QED) is 0.183. The van der Waals surface area contributed by atoms with Crippen LogP contribution in [0.2, 0.25) is 0 Å². The molecule has 1 saturated carbocycles. The molecule has 6 atom stereocenters. The van der Waals surface area contributed by atoms with Crippen molar-refractivity contribution in [2.45, 2.75) is 50.5 Å². The number of allylic oxidation sites excluding steroid dienone is 4. The van der Waals surface area contributed by atoms with Crippen LogP contribution in [0.5, 0.6) is 11.5 Å². The second kappa shape index (κ2) is 11.3. The Bertz CT molecular complexity index is 1890. The monoisotopic (exact) mass is 741 g/mol. The number of phenolic OH excluding ortho intramolecular Hbond substituents is 1. The SMILES string of the molecule is COc1cc([C@H]2C3=CC[C@@H]4C(=O)N(C(C)(C)C)C(=O)[C@@H]4[C@@H]3C[C@H]3C(=O)C(c4ccccc4)=CC(=O)[C@@]23c2ccccc2)cc(I)c1O. The molecule has 2 fully saturated rings. The van der Waals surface area contributed by atoms with Crippen molar-refractivity contribution in [3.05, 3.63) is 111 Å². The van der Waals surface area contributed by atoms with Gasteiger partial charge in [0.15, 0.2) is 23.1 Å². The molecular weight excluding hydrogens is 705 g/mol. The Morgan fingerprint density at radius 2 is 1.57 bits per heavy atom. The lowest BCUT2D eigenvalue weighted by atomic mass is 9.44. The highest BCUT2D eigenvalue weighted by Crippen LogP contribution is 2.64. The molecular formula is C39H36INO6. The maximum atomic E-state index is 15.1. The van der Waals surface area contributed by atoms with Gasteiger partial charge in [0.05, 0.1) is 27.9 Å². The number of amides is 2. The number of aromatic hydroxyl groups is 1. The predicted octanol–water partition coefficient (Wildman–Crippen LogP) is 6.63. The lowest BCUT2D eigenvalue weighted by Gasteiger charge is -2.55. The number of Topliss-reactive ketones (excluding diaryl/α,β-unsaturated/α-hetero) is 1. The van der Waals surface area contributed by atoms with Crippen LogP contribution in [0.25, 0.3) is 5.57 Å². The molecule has 0 bridgehead atoms. The largest absolute Gasteiger partial charge is 0.504 e.